The van der Waals surface area contributed by atoms with E-state index < -0.39 is 11.6 Å². The zero-order valence-corrected chi connectivity index (χ0v) is 18.4. The first-order valence-electron chi connectivity index (χ1n) is 9.14. The van der Waals surface area contributed by atoms with E-state index in [1.807, 2.05) is 26.4 Å². The molecule has 2 aromatic rings. The van der Waals surface area contributed by atoms with Gasteiger partial charge in [-0.15, -0.1) is 24.0 Å². The molecule has 2 heterocycles. The molecule has 28 heavy (non-hydrogen) atoms. The van der Waals surface area contributed by atoms with E-state index in [-0.39, 0.29) is 30.1 Å². The predicted octanol–water partition coefficient (Wildman–Crippen LogP) is 2.90. The number of nitrogens with one attached hydrogen (secondary N) is 1. The van der Waals surface area contributed by atoms with Crippen molar-refractivity contribution in [1.82, 2.24) is 20.0 Å². The topological polar surface area (TPSA) is 54.7 Å². The smallest absolute Gasteiger partial charge is 0.194 e. The lowest BCUT2D eigenvalue weighted by Gasteiger charge is -2.34. The lowest BCUT2D eigenvalue weighted by Crippen LogP contribution is -2.48. The maximum Gasteiger partial charge on any atom is 0.194 e. The van der Waals surface area contributed by atoms with E-state index >= 15 is 0 Å². The van der Waals surface area contributed by atoms with Gasteiger partial charge in [-0.3, -0.25) is 9.67 Å². The fourth-order valence-electron chi connectivity index (χ4n) is 3.09. The Bertz CT molecular complexity index is 798. The Labute approximate surface area is 181 Å². The summed E-state index contributed by atoms with van der Waals surface area (Å²) in [5, 5.41) is 7.48. The minimum absolute atomic E-state index is 0. The van der Waals surface area contributed by atoms with Gasteiger partial charge in [0, 0.05) is 38.4 Å². The van der Waals surface area contributed by atoms with Crippen LogP contribution in [0, 0.1) is 11.6 Å². The number of aliphatic imine (C=N–C) groups is 1. The average Bonchev–Trinajstić information content (AvgIpc) is 3.10. The van der Waals surface area contributed by atoms with Crippen molar-refractivity contribution in [2.45, 2.75) is 19.4 Å². The third kappa shape index (κ3) is 5.87. The molecule has 6 nitrogen and oxygen atoms in total. The van der Waals surface area contributed by atoms with Crippen molar-refractivity contribution in [3.63, 3.8) is 0 Å². The molecule has 1 saturated heterocycles. The molecule has 9 heteroatoms. The molecule has 0 amide bonds. The summed E-state index contributed by atoms with van der Waals surface area (Å²) >= 11 is 0. The number of morpholine rings is 1. The van der Waals surface area contributed by atoms with E-state index in [0.717, 1.165) is 36.7 Å². The Morgan fingerprint density at radius 2 is 2.21 bits per heavy atom. The summed E-state index contributed by atoms with van der Waals surface area (Å²) < 4.78 is 34.7. The van der Waals surface area contributed by atoms with Crippen LogP contribution in [0.5, 0.6) is 0 Å². The zero-order chi connectivity index (χ0) is 19.2. The second-order valence-electron chi connectivity index (χ2n) is 6.47. The zero-order valence-electron chi connectivity index (χ0n) is 16.1. The highest BCUT2D eigenvalue weighted by atomic mass is 127. The fourth-order valence-corrected chi connectivity index (χ4v) is 3.09. The third-order valence-corrected chi connectivity index (χ3v) is 4.45. The van der Waals surface area contributed by atoms with Crippen LogP contribution in [0.1, 0.15) is 24.2 Å². The van der Waals surface area contributed by atoms with Gasteiger partial charge in [-0.05, 0) is 37.1 Å². The Kier molecular flexibility index (Phi) is 8.61. The number of aryl methyl sites for hydroxylation is 1. The lowest BCUT2D eigenvalue weighted by atomic mass is 10.1. The Morgan fingerprint density at radius 3 is 2.93 bits per heavy atom. The van der Waals surface area contributed by atoms with Gasteiger partial charge in [0.15, 0.2) is 5.96 Å². The van der Waals surface area contributed by atoms with Crippen LogP contribution in [0.15, 0.2) is 35.6 Å². The molecule has 0 spiro atoms. The fraction of sp³-hybridized carbons (Fsp3) is 0.474. The summed E-state index contributed by atoms with van der Waals surface area (Å²) in [5.41, 5.74) is 1.37. The van der Waals surface area contributed by atoms with Gasteiger partial charge < -0.3 is 15.0 Å². The SMILES string of the molecule is CCNC(=NCCc1cc(F)ccc1F)N1CCOC(c2cnn(C)c2)C1.I. The van der Waals surface area contributed by atoms with E-state index in [9.17, 15) is 8.78 Å². The van der Waals surface area contributed by atoms with Crippen LogP contribution in [0.25, 0.3) is 0 Å². The van der Waals surface area contributed by atoms with Gasteiger partial charge >= 0.3 is 0 Å². The monoisotopic (exact) mass is 505 g/mol. The van der Waals surface area contributed by atoms with Gasteiger partial charge in [0.1, 0.15) is 17.7 Å². The standard InChI is InChI=1S/C19H25F2N5O.HI/c1-3-22-19(23-7-6-14-10-16(20)4-5-17(14)21)26-8-9-27-18(13-26)15-11-24-25(2)12-15;/h4-5,10-12,18H,3,6-9,13H2,1-2H3,(H,22,23);1H. The minimum atomic E-state index is -0.435. The Hall–Kier alpha value is -1.75. The first-order chi connectivity index (χ1) is 13.1. The second-order valence-corrected chi connectivity index (χ2v) is 6.47. The average molecular weight is 505 g/mol. The van der Waals surface area contributed by atoms with Gasteiger partial charge in [-0.25, -0.2) is 8.78 Å². The van der Waals surface area contributed by atoms with E-state index in [0.29, 0.717) is 31.7 Å². The highest BCUT2D eigenvalue weighted by Gasteiger charge is 2.25. The summed E-state index contributed by atoms with van der Waals surface area (Å²) in [6.07, 6.45) is 4.03. The largest absolute Gasteiger partial charge is 0.370 e. The van der Waals surface area contributed by atoms with Crippen molar-refractivity contribution in [3.05, 3.63) is 53.4 Å². The number of benzene rings is 1. The second kappa shape index (κ2) is 10.7. The number of hydrogen-bond donors (Lipinski definition) is 1. The van der Waals surface area contributed by atoms with E-state index in [1.165, 1.54) is 6.07 Å². The number of guanidine groups is 1. The van der Waals surface area contributed by atoms with Gasteiger partial charge in [-0.1, -0.05) is 0 Å². The summed E-state index contributed by atoms with van der Waals surface area (Å²) in [4.78, 5) is 6.73. The maximum absolute atomic E-state index is 13.8. The molecule has 1 aliphatic rings. The summed E-state index contributed by atoms with van der Waals surface area (Å²) in [7, 11) is 1.88. The highest BCUT2D eigenvalue weighted by molar-refractivity contribution is 14.0. The summed E-state index contributed by atoms with van der Waals surface area (Å²) in [6.45, 7) is 5.06. The van der Waals surface area contributed by atoms with Crippen LogP contribution in [-0.4, -0.2) is 53.4 Å². The first kappa shape index (κ1) is 22.5. The number of rotatable bonds is 5. The lowest BCUT2D eigenvalue weighted by molar-refractivity contribution is -0.00803. The van der Waals surface area contributed by atoms with Crippen LogP contribution in [0.2, 0.25) is 0 Å². The minimum Gasteiger partial charge on any atom is -0.370 e. The molecule has 0 bridgehead atoms. The molecule has 0 aliphatic carbocycles. The highest BCUT2D eigenvalue weighted by Crippen LogP contribution is 2.21. The number of halogens is 3. The van der Waals surface area contributed by atoms with E-state index in [2.05, 4.69) is 20.3 Å². The maximum atomic E-state index is 13.8. The first-order valence-corrected chi connectivity index (χ1v) is 9.14. The van der Waals surface area contributed by atoms with E-state index in [1.54, 1.807) is 4.68 Å². The van der Waals surface area contributed by atoms with Gasteiger partial charge in [-0.2, -0.15) is 5.10 Å². The van der Waals surface area contributed by atoms with Crippen LogP contribution in [-0.2, 0) is 18.2 Å². The molecule has 1 aromatic heterocycles. The van der Waals surface area contributed by atoms with Crippen molar-refractivity contribution in [3.8, 4) is 0 Å². The molecule has 1 atom stereocenters. The molecule has 0 saturated carbocycles. The molecular formula is C19H26F2IN5O. The molecule has 3 rings (SSSR count). The molecule has 1 aliphatic heterocycles. The molecule has 1 fully saturated rings. The molecule has 0 radical (unpaired) electrons. The van der Waals surface area contributed by atoms with Crippen LogP contribution in [0.4, 0.5) is 8.78 Å². The Balaban J connectivity index is 0.00000280. The van der Waals surface area contributed by atoms with Crippen LogP contribution in [0.3, 0.4) is 0 Å². The normalized spacial score (nSPS) is 17.4. The number of ether oxygens (including phenoxy) is 1. The van der Waals surface area contributed by atoms with Crippen LogP contribution < -0.4 is 5.32 Å². The summed E-state index contributed by atoms with van der Waals surface area (Å²) in [6, 6.07) is 3.50. The Morgan fingerprint density at radius 1 is 1.39 bits per heavy atom. The van der Waals surface area contributed by atoms with E-state index in [4.69, 9.17) is 4.74 Å². The van der Waals surface area contributed by atoms with Gasteiger partial charge in [0.05, 0.1) is 19.3 Å². The van der Waals surface area contributed by atoms with Crippen molar-refractivity contribution in [2.24, 2.45) is 12.0 Å². The van der Waals surface area contributed by atoms with Crippen molar-refractivity contribution in [2.75, 3.05) is 32.8 Å². The van der Waals surface area contributed by atoms with Crippen molar-refractivity contribution in [1.29, 1.82) is 0 Å². The molecule has 154 valence electrons. The van der Waals surface area contributed by atoms with Crippen molar-refractivity contribution >= 4 is 29.9 Å². The quantitative estimate of drug-likeness (QED) is 0.386. The molecule has 1 N–H and O–H groups in total. The number of nitrogens with zero attached hydrogens (tertiary/aromatic N) is 4. The molecule has 1 aromatic carbocycles. The number of hydrogen-bond acceptors (Lipinski definition) is 3. The van der Waals surface area contributed by atoms with Crippen LogP contribution >= 0.6 is 24.0 Å². The summed E-state index contributed by atoms with van der Waals surface area (Å²) in [5.74, 6) is -0.0825. The van der Waals surface area contributed by atoms with Gasteiger partial charge in [0.2, 0.25) is 0 Å². The molecule has 1 unspecified atom stereocenters. The predicted molar refractivity (Wildman–Crippen MR) is 115 cm³/mol. The number of aromatic nitrogens is 2. The van der Waals surface area contributed by atoms with Gasteiger partial charge in [0.25, 0.3) is 0 Å². The third-order valence-electron chi connectivity index (χ3n) is 4.45. The molecular weight excluding hydrogens is 479 g/mol. The van der Waals surface area contributed by atoms with Crippen molar-refractivity contribution < 1.29 is 13.5 Å².